The number of hydrogen-bond acceptors (Lipinski definition) is 6. The van der Waals surface area contributed by atoms with E-state index in [0.29, 0.717) is 38.6 Å². The molecule has 0 saturated heterocycles. The lowest BCUT2D eigenvalue weighted by atomic mass is 10.2. The topological polar surface area (TPSA) is 85.0 Å². The Labute approximate surface area is 189 Å². The van der Waals surface area contributed by atoms with Crippen molar-refractivity contribution >= 4 is 29.9 Å². The largest absolute Gasteiger partial charge is 0.486 e. The third kappa shape index (κ3) is 6.48. The van der Waals surface area contributed by atoms with E-state index < -0.39 is 0 Å². The highest BCUT2D eigenvalue weighted by molar-refractivity contribution is 14.0. The lowest BCUT2D eigenvalue weighted by Crippen LogP contribution is -2.38. The number of hydrogen-bond donors (Lipinski definition) is 1. The van der Waals surface area contributed by atoms with E-state index in [1.807, 2.05) is 33.0 Å². The van der Waals surface area contributed by atoms with Crippen molar-refractivity contribution in [1.82, 2.24) is 20.4 Å². The maximum atomic E-state index is 5.67. The highest BCUT2D eigenvalue weighted by Crippen LogP contribution is 2.31. The molecule has 0 saturated carbocycles. The molecule has 1 aliphatic heterocycles. The van der Waals surface area contributed by atoms with Crippen LogP contribution in [0.5, 0.6) is 11.5 Å². The molecule has 1 aliphatic rings. The van der Waals surface area contributed by atoms with Crippen LogP contribution in [0.3, 0.4) is 0 Å². The first kappa shape index (κ1) is 23.2. The fourth-order valence-electron chi connectivity index (χ4n) is 2.87. The van der Waals surface area contributed by atoms with Gasteiger partial charge in [0, 0.05) is 32.5 Å². The van der Waals surface area contributed by atoms with Crippen LogP contribution in [0, 0.1) is 0 Å². The summed E-state index contributed by atoms with van der Waals surface area (Å²) in [6.45, 7) is 9.41. The van der Waals surface area contributed by atoms with E-state index in [0.717, 1.165) is 35.4 Å². The Morgan fingerprint density at radius 2 is 2.00 bits per heavy atom. The molecule has 0 fully saturated rings. The van der Waals surface area contributed by atoms with Gasteiger partial charge in [0.25, 0.3) is 0 Å². The summed E-state index contributed by atoms with van der Waals surface area (Å²) in [6.07, 6.45) is 0.618. The molecule has 1 N–H and O–H groups in total. The van der Waals surface area contributed by atoms with E-state index in [1.165, 1.54) is 0 Å². The summed E-state index contributed by atoms with van der Waals surface area (Å²) in [5.41, 5.74) is 1.14. The molecule has 0 bridgehead atoms. The van der Waals surface area contributed by atoms with Crippen LogP contribution in [-0.2, 0) is 13.0 Å². The highest BCUT2D eigenvalue weighted by atomic mass is 127. The molecule has 0 unspecified atom stereocenters. The third-order valence-electron chi connectivity index (χ3n) is 4.31. The Morgan fingerprint density at radius 3 is 2.69 bits per heavy atom. The van der Waals surface area contributed by atoms with Gasteiger partial charge in [0.15, 0.2) is 23.3 Å². The number of aromatic nitrogens is 2. The second-order valence-electron chi connectivity index (χ2n) is 7.02. The predicted molar refractivity (Wildman–Crippen MR) is 122 cm³/mol. The van der Waals surface area contributed by atoms with Crippen molar-refractivity contribution in [3.8, 4) is 11.5 Å². The fourth-order valence-corrected chi connectivity index (χ4v) is 2.87. The van der Waals surface area contributed by atoms with Crippen LogP contribution in [0.4, 0.5) is 0 Å². The van der Waals surface area contributed by atoms with Gasteiger partial charge in [0.1, 0.15) is 13.2 Å². The van der Waals surface area contributed by atoms with Gasteiger partial charge in [-0.25, -0.2) is 0 Å². The van der Waals surface area contributed by atoms with Crippen LogP contribution >= 0.6 is 24.0 Å². The van der Waals surface area contributed by atoms with Gasteiger partial charge < -0.3 is 24.2 Å². The summed E-state index contributed by atoms with van der Waals surface area (Å²) < 4.78 is 16.5. The van der Waals surface area contributed by atoms with E-state index in [2.05, 4.69) is 33.3 Å². The highest BCUT2D eigenvalue weighted by Gasteiger charge is 2.14. The number of halogens is 1. The van der Waals surface area contributed by atoms with E-state index in [9.17, 15) is 0 Å². The van der Waals surface area contributed by atoms with Crippen molar-refractivity contribution < 1.29 is 14.0 Å². The predicted octanol–water partition coefficient (Wildman–Crippen LogP) is 3.22. The van der Waals surface area contributed by atoms with E-state index >= 15 is 0 Å². The Balaban J connectivity index is 0.00000300. The molecular weight excluding hydrogens is 485 g/mol. The summed E-state index contributed by atoms with van der Waals surface area (Å²) in [6, 6.07) is 6.05. The van der Waals surface area contributed by atoms with E-state index in [1.54, 1.807) is 0 Å². The Kier molecular flexibility index (Phi) is 8.99. The molecule has 2 aromatic rings. The van der Waals surface area contributed by atoms with Gasteiger partial charge in [0.2, 0.25) is 5.89 Å². The van der Waals surface area contributed by atoms with E-state index in [-0.39, 0.29) is 29.9 Å². The molecule has 0 atom stereocenters. The Bertz CT molecular complexity index is 809. The molecule has 160 valence electrons. The smallest absolute Gasteiger partial charge is 0.228 e. The molecule has 8 nitrogen and oxygen atoms in total. The van der Waals surface area contributed by atoms with Gasteiger partial charge >= 0.3 is 0 Å². The van der Waals surface area contributed by atoms with Crippen LogP contribution in [0.1, 0.15) is 44.0 Å². The molecular formula is C20H30IN5O3. The van der Waals surface area contributed by atoms with Gasteiger partial charge in [-0.15, -0.1) is 24.0 Å². The van der Waals surface area contributed by atoms with Crippen molar-refractivity contribution in [1.29, 1.82) is 0 Å². The number of guanidine groups is 1. The molecule has 1 aromatic carbocycles. The molecule has 0 spiro atoms. The van der Waals surface area contributed by atoms with Gasteiger partial charge in [-0.3, -0.25) is 4.99 Å². The number of benzene rings is 1. The van der Waals surface area contributed by atoms with Crippen LogP contribution < -0.4 is 14.8 Å². The van der Waals surface area contributed by atoms with Gasteiger partial charge in [-0.1, -0.05) is 25.1 Å². The molecule has 3 rings (SSSR count). The lowest BCUT2D eigenvalue weighted by Gasteiger charge is -2.23. The Hall–Kier alpha value is -2.04. The minimum Gasteiger partial charge on any atom is -0.486 e. The van der Waals surface area contributed by atoms with Gasteiger partial charge in [-0.05, 0) is 24.6 Å². The zero-order chi connectivity index (χ0) is 19.9. The number of nitrogens with zero attached hydrogens (tertiary/aromatic N) is 4. The summed E-state index contributed by atoms with van der Waals surface area (Å²) in [5.74, 6) is 4.06. The minimum atomic E-state index is 0. The maximum absolute atomic E-state index is 5.67. The first-order valence-corrected chi connectivity index (χ1v) is 9.77. The summed E-state index contributed by atoms with van der Waals surface area (Å²) in [4.78, 5) is 11.2. The zero-order valence-electron chi connectivity index (χ0n) is 17.5. The number of ether oxygens (including phenoxy) is 2. The number of nitrogens with one attached hydrogen (secondary N) is 1. The minimum absolute atomic E-state index is 0. The van der Waals surface area contributed by atoms with Crippen LogP contribution in [-0.4, -0.2) is 54.4 Å². The first-order chi connectivity index (χ1) is 13.6. The monoisotopic (exact) mass is 515 g/mol. The van der Waals surface area contributed by atoms with Gasteiger partial charge in [-0.2, -0.15) is 4.98 Å². The van der Waals surface area contributed by atoms with Crippen molar-refractivity contribution in [2.45, 2.75) is 39.7 Å². The quantitative estimate of drug-likeness (QED) is 0.345. The first-order valence-electron chi connectivity index (χ1n) is 9.77. The summed E-state index contributed by atoms with van der Waals surface area (Å²) in [7, 11) is 2.02. The molecule has 0 radical (unpaired) electrons. The molecule has 1 aromatic heterocycles. The molecule has 2 heterocycles. The maximum Gasteiger partial charge on any atom is 0.228 e. The van der Waals surface area contributed by atoms with E-state index in [4.69, 9.17) is 19.0 Å². The van der Waals surface area contributed by atoms with Crippen LogP contribution in [0.25, 0.3) is 0 Å². The van der Waals surface area contributed by atoms with Crippen LogP contribution in [0.15, 0.2) is 27.7 Å². The van der Waals surface area contributed by atoms with Crippen molar-refractivity contribution in [2.24, 2.45) is 4.99 Å². The second kappa shape index (κ2) is 11.2. The zero-order valence-corrected chi connectivity index (χ0v) is 19.8. The summed E-state index contributed by atoms with van der Waals surface area (Å²) in [5, 5.41) is 7.32. The average molecular weight is 515 g/mol. The lowest BCUT2D eigenvalue weighted by molar-refractivity contribution is 0.171. The molecule has 29 heavy (non-hydrogen) atoms. The second-order valence-corrected chi connectivity index (χ2v) is 7.02. The molecule has 0 aliphatic carbocycles. The van der Waals surface area contributed by atoms with Crippen LogP contribution in [0.2, 0.25) is 0 Å². The van der Waals surface area contributed by atoms with Crippen molar-refractivity contribution in [2.75, 3.05) is 33.4 Å². The standard InChI is InChI=1S/C20H29N5O3.HI/c1-5-21-20(22-9-8-18-23-19(14(2)3)24-28-18)25(4)13-15-6-7-16-17(12-15)27-11-10-26-16;/h6-7,12,14H,5,8-11,13H2,1-4H3,(H,21,22);1H. The van der Waals surface area contributed by atoms with Crippen molar-refractivity contribution in [3.05, 3.63) is 35.5 Å². The van der Waals surface area contributed by atoms with Crippen molar-refractivity contribution in [3.63, 3.8) is 0 Å². The third-order valence-corrected chi connectivity index (χ3v) is 4.31. The normalized spacial score (nSPS) is 13.2. The molecule has 9 heteroatoms. The number of fused-ring (bicyclic) bond motifs is 1. The Morgan fingerprint density at radius 1 is 1.24 bits per heavy atom. The average Bonchev–Trinajstić information content (AvgIpc) is 3.16. The number of aliphatic imine (C=N–C) groups is 1. The summed E-state index contributed by atoms with van der Waals surface area (Å²) >= 11 is 0. The van der Waals surface area contributed by atoms with Gasteiger partial charge in [0.05, 0.1) is 6.54 Å². The SMILES string of the molecule is CCNC(=NCCc1nc(C(C)C)no1)N(C)Cc1ccc2c(c1)OCCO2.I. The molecule has 0 amide bonds. The number of rotatable bonds is 7. The fraction of sp³-hybridized carbons (Fsp3) is 0.550.